The molecule has 0 bridgehead atoms. The van der Waals surface area contributed by atoms with E-state index in [0.29, 0.717) is 31.9 Å². The van der Waals surface area contributed by atoms with Gasteiger partial charge in [0, 0.05) is 31.1 Å². The number of nitrogens with zero attached hydrogens (tertiary/aromatic N) is 1. The van der Waals surface area contributed by atoms with Gasteiger partial charge in [-0.1, -0.05) is 17.7 Å². The zero-order valence-corrected chi connectivity index (χ0v) is 16.3. The lowest BCUT2D eigenvalue weighted by Gasteiger charge is -2.17. The third-order valence-electron chi connectivity index (χ3n) is 4.64. The molecule has 1 aliphatic heterocycles. The maximum absolute atomic E-state index is 12.3. The van der Waals surface area contributed by atoms with E-state index >= 15 is 0 Å². The predicted octanol–water partition coefficient (Wildman–Crippen LogP) is 2.94. The molecule has 6 heteroatoms. The van der Waals surface area contributed by atoms with E-state index in [4.69, 9.17) is 9.47 Å². The molecule has 1 aliphatic rings. The maximum Gasteiger partial charge on any atom is 0.257 e. The fourth-order valence-electron chi connectivity index (χ4n) is 3.15. The SMILES string of the molecule is CCOc1ccc(OCC(=O)NCC2CC(=O)N(c3ccc(C)cc3)C2)cc1. The summed E-state index contributed by atoms with van der Waals surface area (Å²) in [6.07, 6.45) is 0.438. The summed E-state index contributed by atoms with van der Waals surface area (Å²) >= 11 is 0. The highest BCUT2D eigenvalue weighted by atomic mass is 16.5. The quantitative estimate of drug-likeness (QED) is 0.762. The molecule has 148 valence electrons. The van der Waals surface area contributed by atoms with Crippen LogP contribution in [0.4, 0.5) is 5.69 Å². The van der Waals surface area contributed by atoms with Crippen LogP contribution in [0, 0.1) is 12.8 Å². The Hall–Kier alpha value is -3.02. The minimum absolute atomic E-state index is 0.0592. The monoisotopic (exact) mass is 382 g/mol. The minimum atomic E-state index is -0.199. The van der Waals surface area contributed by atoms with Gasteiger partial charge in [-0.25, -0.2) is 0 Å². The summed E-state index contributed by atoms with van der Waals surface area (Å²) in [5.41, 5.74) is 2.06. The maximum atomic E-state index is 12.3. The highest BCUT2D eigenvalue weighted by Crippen LogP contribution is 2.25. The van der Waals surface area contributed by atoms with Gasteiger partial charge < -0.3 is 19.7 Å². The number of amides is 2. The van der Waals surface area contributed by atoms with Gasteiger partial charge in [-0.15, -0.1) is 0 Å². The molecule has 1 fully saturated rings. The molecule has 2 aromatic carbocycles. The molecule has 28 heavy (non-hydrogen) atoms. The fourth-order valence-corrected chi connectivity index (χ4v) is 3.15. The number of hydrogen-bond donors (Lipinski definition) is 1. The van der Waals surface area contributed by atoms with Gasteiger partial charge in [0.05, 0.1) is 6.61 Å². The Kier molecular flexibility index (Phi) is 6.53. The number of hydrogen-bond acceptors (Lipinski definition) is 4. The van der Waals surface area contributed by atoms with E-state index in [2.05, 4.69) is 5.32 Å². The molecule has 1 saturated heterocycles. The lowest BCUT2D eigenvalue weighted by Crippen LogP contribution is -2.34. The highest BCUT2D eigenvalue weighted by Gasteiger charge is 2.30. The molecule has 2 aromatic rings. The Morgan fingerprint density at radius 3 is 2.36 bits per heavy atom. The number of carbonyl (C=O) groups is 2. The van der Waals surface area contributed by atoms with Crippen LogP contribution in [0.3, 0.4) is 0 Å². The van der Waals surface area contributed by atoms with E-state index in [1.54, 1.807) is 29.2 Å². The molecule has 0 spiro atoms. The van der Waals surface area contributed by atoms with E-state index in [0.717, 1.165) is 17.0 Å². The summed E-state index contributed by atoms with van der Waals surface area (Å²) in [5, 5.41) is 2.86. The van der Waals surface area contributed by atoms with Crippen LogP contribution in [0.5, 0.6) is 11.5 Å². The second kappa shape index (κ2) is 9.26. The number of aryl methyl sites for hydroxylation is 1. The van der Waals surface area contributed by atoms with Crippen molar-refractivity contribution in [2.24, 2.45) is 5.92 Å². The first-order chi connectivity index (χ1) is 13.5. The first-order valence-electron chi connectivity index (χ1n) is 9.54. The van der Waals surface area contributed by atoms with Crippen LogP contribution in [0.2, 0.25) is 0 Å². The molecule has 0 aromatic heterocycles. The molecule has 6 nitrogen and oxygen atoms in total. The van der Waals surface area contributed by atoms with Crippen molar-refractivity contribution in [3.63, 3.8) is 0 Å². The van der Waals surface area contributed by atoms with Crippen molar-refractivity contribution in [2.75, 3.05) is 31.2 Å². The van der Waals surface area contributed by atoms with Gasteiger partial charge in [0.25, 0.3) is 5.91 Å². The van der Waals surface area contributed by atoms with Crippen LogP contribution in [0.25, 0.3) is 0 Å². The molecule has 0 saturated carbocycles. The topological polar surface area (TPSA) is 67.9 Å². The zero-order valence-electron chi connectivity index (χ0n) is 16.3. The molecule has 1 atom stereocenters. The van der Waals surface area contributed by atoms with Crippen LogP contribution in [-0.4, -0.2) is 38.1 Å². The average Bonchev–Trinajstić information content (AvgIpc) is 3.07. The number of ether oxygens (including phenoxy) is 2. The highest BCUT2D eigenvalue weighted by molar-refractivity contribution is 5.95. The molecule has 0 radical (unpaired) electrons. The van der Waals surface area contributed by atoms with Gasteiger partial charge in [0.15, 0.2) is 6.61 Å². The average molecular weight is 382 g/mol. The van der Waals surface area contributed by atoms with Crippen LogP contribution < -0.4 is 19.7 Å². The van der Waals surface area contributed by atoms with Crippen LogP contribution in [-0.2, 0) is 9.59 Å². The van der Waals surface area contributed by atoms with Gasteiger partial charge in [0.2, 0.25) is 5.91 Å². The van der Waals surface area contributed by atoms with Crippen molar-refractivity contribution < 1.29 is 19.1 Å². The Morgan fingerprint density at radius 1 is 1.07 bits per heavy atom. The lowest BCUT2D eigenvalue weighted by atomic mass is 10.1. The molecule has 1 unspecified atom stereocenters. The first-order valence-corrected chi connectivity index (χ1v) is 9.54. The standard InChI is InChI=1S/C22H26N2O4/c1-3-27-19-8-10-20(11-9-19)28-15-21(25)23-13-17-12-22(26)24(14-17)18-6-4-16(2)5-7-18/h4-11,17H,3,12-15H2,1-2H3,(H,23,25). The summed E-state index contributed by atoms with van der Waals surface area (Å²) < 4.78 is 10.9. The molecule has 0 aliphatic carbocycles. The molecular weight excluding hydrogens is 356 g/mol. The Bertz CT molecular complexity index is 802. The zero-order chi connectivity index (χ0) is 19.9. The number of carbonyl (C=O) groups excluding carboxylic acids is 2. The van der Waals surface area contributed by atoms with Gasteiger partial charge in [-0.3, -0.25) is 9.59 Å². The van der Waals surface area contributed by atoms with Crippen LogP contribution in [0.15, 0.2) is 48.5 Å². The van der Waals surface area contributed by atoms with Gasteiger partial charge in [0.1, 0.15) is 11.5 Å². The summed E-state index contributed by atoms with van der Waals surface area (Å²) in [7, 11) is 0. The number of benzene rings is 2. The largest absolute Gasteiger partial charge is 0.494 e. The van der Waals surface area contributed by atoms with E-state index in [1.807, 2.05) is 38.1 Å². The Labute approximate surface area is 165 Å². The van der Waals surface area contributed by atoms with Crippen LogP contribution in [0.1, 0.15) is 18.9 Å². The van der Waals surface area contributed by atoms with Crippen molar-refractivity contribution in [1.29, 1.82) is 0 Å². The smallest absolute Gasteiger partial charge is 0.257 e. The summed E-state index contributed by atoms with van der Waals surface area (Å²) in [6, 6.07) is 15.1. The molecule has 3 rings (SSSR count). The van der Waals surface area contributed by atoms with Crippen molar-refractivity contribution in [3.8, 4) is 11.5 Å². The predicted molar refractivity (Wildman–Crippen MR) is 108 cm³/mol. The molecular formula is C22H26N2O4. The number of rotatable bonds is 8. The summed E-state index contributed by atoms with van der Waals surface area (Å²) in [5.74, 6) is 1.37. The van der Waals surface area contributed by atoms with Crippen molar-refractivity contribution >= 4 is 17.5 Å². The summed E-state index contributed by atoms with van der Waals surface area (Å²) in [6.45, 7) is 5.56. The first kappa shape index (κ1) is 19.7. The number of anilines is 1. The molecule has 2 amide bonds. The third kappa shape index (κ3) is 5.25. The van der Waals surface area contributed by atoms with Gasteiger partial charge in [-0.2, -0.15) is 0 Å². The second-order valence-electron chi connectivity index (χ2n) is 6.91. The molecule has 1 heterocycles. The summed E-state index contributed by atoms with van der Waals surface area (Å²) in [4.78, 5) is 26.1. The van der Waals surface area contributed by atoms with Crippen molar-refractivity contribution in [2.45, 2.75) is 20.3 Å². The van der Waals surface area contributed by atoms with Crippen molar-refractivity contribution in [1.82, 2.24) is 5.32 Å². The Morgan fingerprint density at radius 2 is 1.71 bits per heavy atom. The number of nitrogens with one attached hydrogen (secondary N) is 1. The van der Waals surface area contributed by atoms with E-state index < -0.39 is 0 Å². The van der Waals surface area contributed by atoms with E-state index in [1.165, 1.54) is 0 Å². The normalized spacial score (nSPS) is 16.1. The van der Waals surface area contributed by atoms with Crippen molar-refractivity contribution in [3.05, 3.63) is 54.1 Å². The van der Waals surface area contributed by atoms with E-state index in [-0.39, 0.29) is 24.3 Å². The Balaban J connectivity index is 1.42. The van der Waals surface area contributed by atoms with Gasteiger partial charge in [-0.05, 0) is 50.2 Å². The van der Waals surface area contributed by atoms with E-state index in [9.17, 15) is 9.59 Å². The van der Waals surface area contributed by atoms with Gasteiger partial charge >= 0.3 is 0 Å². The van der Waals surface area contributed by atoms with Crippen LogP contribution >= 0.6 is 0 Å². The lowest BCUT2D eigenvalue weighted by molar-refractivity contribution is -0.123. The second-order valence-corrected chi connectivity index (χ2v) is 6.91. The fraction of sp³-hybridized carbons (Fsp3) is 0.364. The molecule has 1 N–H and O–H groups in total. The third-order valence-corrected chi connectivity index (χ3v) is 4.64. The minimum Gasteiger partial charge on any atom is -0.494 e.